The number of nitrogens with two attached hydrogens (primary N) is 1. The molecule has 0 radical (unpaired) electrons. The van der Waals surface area contributed by atoms with Crippen molar-refractivity contribution >= 4 is 11.4 Å². The molecule has 1 saturated carbocycles. The Morgan fingerprint density at radius 3 is 2.76 bits per heavy atom. The third kappa shape index (κ3) is 2.48. The number of rotatable bonds is 5. The predicted octanol–water partition coefficient (Wildman–Crippen LogP) is 3.05. The second kappa shape index (κ2) is 5.30. The van der Waals surface area contributed by atoms with E-state index < -0.39 is 0 Å². The molecule has 0 aliphatic heterocycles. The quantitative estimate of drug-likeness (QED) is 0.796. The average Bonchev–Trinajstić information content (AvgIpc) is 2.25. The molecular formula is C14H22N2O. The van der Waals surface area contributed by atoms with Crippen LogP contribution in [0.25, 0.3) is 0 Å². The summed E-state index contributed by atoms with van der Waals surface area (Å²) < 4.78 is 5.66. The van der Waals surface area contributed by atoms with Gasteiger partial charge in [-0.15, -0.1) is 0 Å². The van der Waals surface area contributed by atoms with E-state index in [0.717, 1.165) is 30.2 Å². The van der Waals surface area contributed by atoms with Gasteiger partial charge in [-0.05, 0) is 37.8 Å². The minimum atomic E-state index is 0.652. The first-order valence-electron chi connectivity index (χ1n) is 6.48. The summed E-state index contributed by atoms with van der Waals surface area (Å²) in [5.41, 5.74) is 8.05. The topological polar surface area (TPSA) is 38.5 Å². The van der Waals surface area contributed by atoms with Gasteiger partial charge in [-0.25, -0.2) is 0 Å². The molecule has 2 rings (SSSR count). The molecule has 3 heteroatoms. The molecule has 1 aromatic carbocycles. The highest BCUT2D eigenvalue weighted by atomic mass is 16.5. The molecule has 17 heavy (non-hydrogen) atoms. The zero-order valence-corrected chi connectivity index (χ0v) is 10.8. The van der Waals surface area contributed by atoms with Crippen LogP contribution in [0.15, 0.2) is 18.2 Å². The fraction of sp³-hybridized carbons (Fsp3) is 0.571. The number of nitrogen functional groups attached to an aromatic ring is 1. The van der Waals surface area contributed by atoms with Crippen molar-refractivity contribution < 1.29 is 4.74 Å². The number of ether oxygens (including phenoxy) is 1. The van der Waals surface area contributed by atoms with Crippen LogP contribution >= 0.6 is 0 Å². The Morgan fingerprint density at radius 2 is 2.18 bits per heavy atom. The molecule has 0 heterocycles. The molecule has 2 N–H and O–H groups in total. The standard InChI is InChI=1S/C14H22N2O/c1-3-10-17-13-9-5-8-12(14(13)15)16(2)11-6-4-7-11/h5,8-9,11H,3-4,6-7,10,15H2,1-2H3. The van der Waals surface area contributed by atoms with Crippen LogP contribution in [0.4, 0.5) is 11.4 Å². The van der Waals surface area contributed by atoms with E-state index in [4.69, 9.17) is 10.5 Å². The summed E-state index contributed by atoms with van der Waals surface area (Å²) in [5, 5.41) is 0. The van der Waals surface area contributed by atoms with Gasteiger partial charge in [0.05, 0.1) is 18.0 Å². The summed E-state index contributed by atoms with van der Waals surface area (Å²) >= 11 is 0. The first-order valence-corrected chi connectivity index (χ1v) is 6.48. The fourth-order valence-electron chi connectivity index (χ4n) is 2.15. The molecular weight excluding hydrogens is 212 g/mol. The molecule has 1 aliphatic carbocycles. The van der Waals surface area contributed by atoms with Crippen LogP contribution in [0.3, 0.4) is 0 Å². The maximum atomic E-state index is 6.17. The summed E-state index contributed by atoms with van der Waals surface area (Å²) in [6.07, 6.45) is 4.88. The van der Waals surface area contributed by atoms with Crippen LogP contribution in [0.5, 0.6) is 5.75 Å². The van der Waals surface area contributed by atoms with Crippen LogP contribution in [-0.4, -0.2) is 19.7 Å². The molecule has 0 unspecified atom stereocenters. The second-order valence-corrected chi connectivity index (χ2v) is 4.73. The van der Waals surface area contributed by atoms with Gasteiger partial charge in [0.15, 0.2) is 0 Å². The van der Waals surface area contributed by atoms with Gasteiger partial charge in [-0.3, -0.25) is 0 Å². The Morgan fingerprint density at radius 1 is 1.41 bits per heavy atom. The molecule has 0 amide bonds. The van der Waals surface area contributed by atoms with Crippen LogP contribution in [0.2, 0.25) is 0 Å². The van der Waals surface area contributed by atoms with Crippen molar-refractivity contribution in [2.24, 2.45) is 0 Å². The molecule has 0 bridgehead atoms. The van der Waals surface area contributed by atoms with E-state index in [1.165, 1.54) is 19.3 Å². The second-order valence-electron chi connectivity index (χ2n) is 4.73. The van der Waals surface area contributed by atoms with E-state index in [2.05, 4.69) is 24.9 Å². The lowest BCUT2D eigenvalue weighted by atomic mass is 9.91. The summed E-state index contributed by atoms with van der Waals surface area (Å²) in [6, 6.07) is 6.69. The van der Waals surface area contributed by atoms with E-state index in [1.807, 2.05) is 12.1 Å². The molecule has 1 aromatic rings. The Balaban J connectivity index is 2.15. The molecule has 0 spiro atoms. The number of hydrogen-bond donors (Lipinski definition) is 1. The first kappa shape index (κ1) is 12.1. The molecule has 1 fully saturated rings. The van der Waals surface area contributed by atoms with Gasteiger partial charge in [0.1, 0.15) is 5.75 Å². The summed E-state index contributed by atoms with van der Waals surface area (Å²) in [5.74, 6) is 0.815. The Kier molecular flexibility index (Phi) is 3.77. The smallest absolute Gasteiger partial charge is 0.144 e. The van der Waals surface area contributed by atoms with Crippen molar-refractivity contribution in [3.05, 3.63) is 18.2 Å². The molecule has 0 atom stereocenters. The molecule has 3 nitrogen and oxygen atoms in total. The van der Waals surface area contributed by atoms with E-state index >= 15 is 0 Å². The van der Waals surface area contributed by atoms with Crippen molar-refractivity contribution in [2.75, 3.05) is 24.3 Å². The SMILES string of the molecule is CCCOc1cccc(N(C)C2CCC2)c1N. The highest BCUT2D eigenvalue weighted by molar-refractivity contribution is 5.74. The largest absolute Gasteiger partial charge is 0.491 e. The molecule has 0 aromatic heterocycles. The van der Waals surface area contributed by atoms with Crippen molar-refractivity contribution in [3.8, 4) is 5.75 Å². The fourth-order valence-corrected chi connectivity index (χ4v) is 2.15. The molecule has 0 saturated heterocycles. The maximum absolute atomic E-state index is 6.17. The summed E-state index contributed by atoms with van der Waals surface area (Å²) in [4.78, 5) is 2.29. The van der Waals surface area contributed by atoms with Gasteiger partial charge in [-0.1, -0.05) is 13.0 Å². The normalized spacial score (nSPS) is 15.4. The van der Waals surface area contributed by atoms with E-state index in [9.17, 15) is 0 Å². The number of nitrogens with zero attached hydrogens (tertiary/aromatic N) is 1. The number of para-hydroxylation sites is 1. The van der Waals surface area contributed by atoms with E-state index in [1.54, 1.807) is 0 Å². The third-order valence-electron chi connectivity index (χ3n) is 3.51. The van der Waals surface area contributed by atoms with Crippen LogP contribution in [-0.2, 0) is 0 Å². The van der Waals surface area contributed by atoms with Gasteiger partial charge in [0, 0.05) is 13.1 Å². The van der Waals surface area contributed by atoms with Crippen molar-refractivity contribution in [1.82, 2.24) is 0 Å². The highest BCUT2D eigenvalue weighted by Crippen LogP contribution is 2.36. The third-order valence-corrected chi connectivity index (χ3v) is 3.51. The summed E-state index contributed by atoms with van der Waals surface area (Å²) in [6.45, 7) is 2.82. The van der Waals surface area contributed by atoms with Crippen molar-refractivity contribution in [3.63, 3.8) is 0 Å². The lowest BCUT2D eigenvalue weighted by molar-refractivity contribution is 0.319. The molecule has 94 valence electrons. The monoisotopic (exact) mass is 234 g/mol. The molecule has 1 aliphatic rings. The van der Waals surface area contributed by atoms with Gasteiger partial charge in [-0.2, -0.15) is 0 Å². The first-order chi connectivity index (χ1) is 8.24. The van der Waals surface area contributed by atoms with Crippen LogP contribution in [0.1, 0.15) is 32.6 Å². The zero-order valence-electron chi connectivity index (χ0n) is 10.8. The minimum Gasteiger partial charge on any atom is -0.491 e. The van der Waals surface area contributed by atoms with Crippen LogP contribution in [0, 0.1) is 0 Å². The Hall–Kier alpha value is -1.38. The van der Waals surface area contributed by atoms with Crippen LogP contribution < -0.4 is 15.4 Å². The van der Waals surface area contributed by atoms with E-state index in [0.29, 0.717) is 6.04 Å². The zero-order chi connectivity index (χ0) is 12.3. The van der Waals surface area contributed by atoms with Gasteiger partial charge >= 0.3 is 0 Å². The number of hydrogen-bond acceptors (Lipinski definition) is 3. The highest BCUT2D eigenvalue weighted by Gasteiger charge is 2.24. The van der Waals surface area contributed by atoms with Gasteiger partial charge in [0.2, 0.25) is 0 Å². The Bertz CT molecular complexity index is 374. The average molecular weight is 234 g/mol. The van der Waals surface area contributed by atoms with E-state index in [-0.39, 0.29) is 0 Å². The Labute approximate surface area is 104 Å². The maximum Gasteiger partial charge on any atom is 0.144 e. The minimum absolute atomic E-state index is 0.652. The van der Waals surface area contributed by atoms with Gasteiger partial charge < -0.3 is 15.4 Å². The number of benzene rings is 1. The lowest BCUT2D eigenvalue weighted by Gasteiger charge is -2.37. The number of anilines is 2. The van der Waals surface area contributed by atoms with Gasteiger partial charge in [0.25, 0.3) is 0 Å². The predicted molar refractivity (Wildman–Crippen MR) is 72.7 cm³/mol. The van der Waals surface area contributed by atoms with Crippen molar-refractivity contribution in [1.29, 1.82) is 0 Å². The van der Waals surface area contributed by atoms with Crippen molar-refractivity contribution in [2.45, 2.75) is 38.6 Å². The lowest BCUT2D eigenvalue weighted by Crippen LogP contribution is -2.37. The summed E-state index contributed by atoms with van der Waals surface area (Å²) in [7, 11) is 2.12.